The summed E-state index contributed by atoms with van der Waals surface area (Å²) < 4.78 is 5.98. The van der Waals surface area contributed by atoms with Crippen molar-refractivity contribution in [2.45, 2.75) is 38.3 Å². The number of nitrogens with zero attached hydrogens (tertiary/aromatic N) is 1. The van der Waals surface area contributed by atoms with Crippen LogP contribution in [0.15, 0.2) is 24.3 Å². The SMILES string of the molecule is CC1(C)COC(c2ccccc2Cl)CN1CCCC(=O)O.Cl. The Balaban J connectivity index is 0.00000242. The Hall–Kier alpha value is -0.810. The highest BCUT2D eigenvalue weighted by Gasteiger charge is 2.35. The van der Waals surface area contributed by atoms with Crippen LogP contribution in [0.1, 0.15) is 38.4 Å². The van der Waals surface area contributed by atoms with E-state index in [9.17, 15) is 4.79 Å². The van der Waals surface area contributed by atoms with Crippen molar-refractivity contribution in [3.63, 3.8) is 0 Å². The predicted octanol–water partition coefficient (Wildman–Crippen LogP) is 3.78. The van der Waals surface area contributed by atoms with Crippen molar-refractivity contribution in [1.29, 1.82) is 0 Å². The van der Waals surface area contributed by atoms with Crippen molar-refractivity contribution in [1.82, 2.24) is 4.90 Å². The minimum atomic E-state index is -0.747. The fourth-order valence-electron chi connectivity index (χ4n) is 2.64. The molecular weight excluding hydrogens is 325 g/mol. The standard InChI is InChI=1S/C16H22ClNO3.ClH/c1-16(2)11-21-14(12-6-3-4-7-13(12)17)10-18(16)9-5-8-15(19)20;/h3-4,6-7,14H,5,8-11H2,1-2H3,(H,19,20);1H. The van der Waals surface area contributed by atoms with Crippen LogP contribution in [0.25, 0.3) is 0 Å². The number of hydrogen-bond acceptors (Lipinski definition) is 3. The summed E-state index contributed by atoms with van der Waals surface area (Å²) in [6.07, 6.45) is 0.787. The fraction of sp³-hybridized carbons (Fsp3) is 0.562. The molecule has 0 radical (unpaired) electrons. The first-order chi connectivity index (χ1) is 9.90. The van der Waals surface area contributed by atoms with Crippen LogP contribution in [0.5, 0.6) is 0 Å². The summed E-state index contributed by atoms with van der Waals surface area (Å²) in [4.78, 5) is 13.0. The van der Waals surface area contributed by atoms with Gasteiger partial charge in [0.25, 0.3) is 0 Å². The highest BCUT2D eigenvalue weighted by Crippen LogP contribution is 2.33. The lowest BCUT2D eigenvalue weighted by Crippen LogP contribution is -2.54. The van der Waals surface area contributed by atoms with Crippen molar-refractivity contribution in [2.75, 3.05) is 19.7 Å². The van der Waals surface area contributed by atoms with E-state index in [2.05, 4.69) is 18.7 Å². The van der Waals surface area contributed by atoms with Crippen molar-refractivity contribution in [3.8, 4) is 0 Å². The Morgan fingerprint density at radius 1 is 1.45 bits per heavy atom. The molecule has 0 amide bonds. The number of rotatable bonds is 5. The summed E-state index contributed by atoms with van der Waals surface area (Å²) in [7, 11) is 0. The lowest BCUT2D eigenvalue weighted by molar-refractivity contribution is -0.137. The Morgan fingerprint density at radius 2 is 2.14 bits per heavy atom. The number of ether oxygens (including phenoxy) is 1. The molecule has 1 aromatic rings. The molecule has 4 nitrogen and oxygen atoms in total. The molecular formula is C16H23Cl2NO3. The molecule has 6 heteroatoms. The molecule has 2 rings (SSSR count). The van der Waals surface area contributed by atoms with Crippen molar-refractivity contribution < 1.29 is 14.6 Å². The van der Waals surface area contributed by atoms with Crippen molar-refractivity contribution in [3.05, 3.63) is 34.9 Å². The van der Waals surface area contributed by atoms with Gasteiger partial charge < -0.3 is 9.84 Å². The van der Waals surface area contributed by atoms with Gasteiger partial charge in [-0.3, -0.25) is 9.69 Å². The van der Waals surface area contributed by atoms with Gasteiger partial charge in [0.2, 0.25) is 0 Å². The zero-order valence-corrected chi connectivity index (χ0v) is 14.5. The molecule has 0 bridgehead atoms. The Bertz CT molecular complexity index is 508. The average Bonchev–Trinajstić information content (AvgIpc) is 2.41. The summed E-state index contributed by atoms with van der Waals surface area (Å²) in [6.45, 7) is 6.34. The molecule has 0 aromatic heterocycles. The summed E-state index contributed by atoms with van der Waals surface area (Å²) in [6, 6.07) is 7.72. The van der Waals surface area contributed by atoms with Gasteiger partial charge in [0.15, 0.2) is 0 Å². The van der Waals surface area contributed by atoms with Crippen LogP contribution >= 0.6 is 24.0 Å². The van der Waals surface area contributed by atoms with E-state index in [0.717, 1.165) is 18.7 Å². The quantitative estimate of drug-likeness (QED) is 0.880. The van der Waals surface area contributed by atoms with Gasteiger partial charge in [-0.25, -0.2) is 0 Å². The number of carbonyl (C=O) groups is 1. The number of aliphatic carboxylic acids is 1. The minimum absolute atomic E-state index is 0. The molecule has 1 heterocycles. The lowest BCUT2D eigenvalue weighted by atomic mass is 9.97. The largest absolute Gasteiger partial charge is 0.481 e. The van der Waals surface area contributed by atoms with Gasteiger partial charge in [-0.05, 0) is 32.9 Å². The molecule has 0 spiro atoms. The third-order valence-corrected chi connectivity index (χ3v) is 4.29. The summed E-state index contributed by atoms with van der Waals surface area (Å²) in [5.74, 6) is -0.747. The van der Waals surface area contributed by atoms with Crippen LogP contribution in [0, 0.1) is 0 Å². The van der Waals surface area contributed by atoms with E-state index in [4.69, 9.17) is 21.4 Å². The summed E-state index contributed by atoms with van der Waals surface area (Å²) in [5.41, 5.74) is 0.911. The number of hydrogen-bond donors (Lipinski definition) is 1. The maximum absolute atomic E-state index is 10.7. The molecule has 1 aliphatic rings. The van der Waals surface area contributed by atoms with Gasteiger partial charge in [0, 0.05) is 29.1 Å². The molecule has 1 aliphatic heterocycles. The van der Waals surface area contributed by atoms with Crippen molar-refractivity contribution in [2.24, 2.45) is 0 Å². The zero-order valence-electron chi connectivity index (χ0n) is 12.9. The first-order valence-electron chi connectivity index (χ1n) is 7.23. The van der Waals surface area contributed by atoms with E-state index in [1.165, 1.54) is 0 Å². The third kappa shape index (κ3) is 4.85. The summed E-state index contributed by atoms with van der Waals surface area (Å²) >= 11 is 6.25. The fourth-order valence-corrected chi connectivity index (χ4v) is 2.89. The second-order valence-corrected chi connectivity index (χ2v) is 6.48. The molecule has 22 heavy (non-hydrogen) atoms. The zero-order chi connectivity index (χ0) is 15.5. The van der Waals surface area contributed by atoms with Crippen LogP contribution < -0.4 is 0 Å². The van der Waals surface area contributed by atoms with Gasteiger partial charge in [-0.2, -0.15) is 0 Å². The van der Waals surface area contributed by atoms with Crippen LogP contribution in [-0.2, 0) is 9.53 Å². The normalized spacial score (nSPS) is 21.1. The van der Waals surface area contributed by atoms with E-state index in [0.29, 0.717) is 18.1 Å². The minimum Gasteiger partial charge on any atom is -0.481 e. The second-order valence-electron chi connectivity index (χ2n) is 6.08. The Labute approximate surface area is 142 Å². The molecule has 1 fully saturated rings. The maximum Gasteiger partial charge on any atom is 0.303 e. The molecule has 1 N–H and O–H groups in total. The number of carboxylic acid groups (broad SMARTS) is 1. The van der Waals surface area contributed by atoms with Gasteiger partial charge in [-0.15, -0.1) is 12.4 Å². The van der Waals surface area contributed by atoms with Gasteiger partial charge in [0.05, 0.1) is 12.7 Å². The van der Waals surface area contributed by atoms with E-state index in [1.807, 2.05) is 24.3 Å². The first-order valence-corrected chi connectivity index (χ1v) is 7.61. The number of benzene rings is 1. The predicted molar refractivity (Wildman–Crippen MR) is 89.9 cm³/mol. The van der Waals surface area contributed by atoms with E-state index < -0.39 is 5.97 Å². The smallest absolute Gasteiger partial charge is 0.303 e. The summed E-state index contributed by atoms with van der Waals surface area (Å²) in [5, 5.41) is 9.49. The average molecular weight is 348 g/mol. The Kier molecular flexibility index (Phi) is 7.13. The molecule has 1 unspecified atom stereocenters. The molecule has 0 saturated carbocycles. The number of morpholine rings is 1. The van der Waals surface area contributed by atoms with Gasteiger partial charge in [0.1, 0.15) is 0 Å². The topological polar surface area (TPSA) is 49.8 Å². The molecule has 1 saturated heterocycles. The van der Waals surface area contributed by atoms with Crippen LogP contribution in [0.4, 0.5) is 0 Å². The molecule has 1 aromatic carbocycles. The van der Waals surface area contributed by atoms with Crippen LogP contribution in [-0.4, -0.2) is 41.2 Å². The molecule has 124 valence electrons. The molecule has 0 aliphatic carbocycles. The molecule has 1 atom stereocenters. The third-order valence-electron chi connectivity index (χ3n) is 3.95. The van der Waals surface area contributed by atoms with E-state index in [1.54, 1.807) is 0 Å². The highest BCUT2D eigenvalue weighted by atomic mass is 35.5. The van der Waals surface area contributed by atoms with Crippen molar-refractivity contribution >= 4 is 30.0 Å². The van der Waals surface area contributed by atoms with Crippen LogP contribution in [0.2, 0.25) is 5.02 Å². The van der Waals surface area contributed by atoms with E-state index >= 15 is 0 Å². The first kappa shape index (κ1) is 19.2. The van der Waals surface area contributed by atoms with Crippen LogP contribution in [0.3, 0.4) is 0 Å². The maximum atomic E-state index is 10.7. The van der Waals surface area contributed by atoms with Gasteiger partial charge >= 0.3 is 5.97 Å². The second kappa shape index (κ2) is 8.16. The highest BCUT2D eigenvalue weighted by molar-refractivity contribution is 6.31. The monoisotopic (exact) mass is 347 g/mol. The van der Waals surface area contributed by atoms with E-state index in [-0.39, 0.29) is 30.5 Å². The van der Waals surface area contributed by atoms with Gasteiger partial charge in [-0.1, -0.05) is 29.8 Å². The number of carboxylic acids is 1. The number of halogens is 2. The Morgan fingerprint density at radius 3 is 2.77 bits per heavy atom. The lowest BCUT2D eigenvalue weighted by Gasteiger charge is -2.45.